The van der Waals surface area contributed by atoms with Gasteiger partial charge in [0.25, 0.3) is 0 Å². The number of benzene rings is 3. The summed E-state index contributed by atoms with van der Waals surface area (Å²) in [4.78, 5) is 51.7. The van der Waals surface area contributed by atoms with E-state index < -0.39 is 65.5 Å². The molecule has 3 aliphatic heterocycles. The molecule has 2 amide bonds. The normalized spacial score (nSPS) is 27.5. The molecule has 268 valence electrons. The van der Waals surface area contributed by atoms with Crippen LogP contribution >= 0.6 is 31.9 Å². The Bertz CT molecular complexity index is 1940. The number of hydrogen-bond acceptors (Lipinski definition) is 8. The van der Waals surface area contributed by atoms with Gasteiger partial charge in [0.2, 0.25) is 5.60 Å². The van der Waals surface area contributed by atoms with Crippen molar-refractivity contribution in [2.24, 2.45) is 22.4 Å². The van der Waals surface area contributed by atoms with Crippen molar-refractivity contribution in [2.45, 2.75) is 44.1 Å². The maximum atomic E-state index is 16.7. The number of methoxy groups -OCH3 is 1. The predicted octanol–water partition coefficient (Wildman–Crippen LogP) is 7.36. The van der Waals surface area contributed by atoms with Crippen LogP contribution in [0.2, 0.25) is 0 Å². The Balaban J connectivity index is 1.50. The molecule has 3 aromatic carbocycles. The summed E-state index contributed by atoms with van der Waals surface area (Å²) in [6.45, 7) is 1.88. The van der Waals surface area contributed by atoms with Gasteiger partial charge in [-0.05, 0) is 73.9 Å². The fourth-order valence-electron chi connectivity index (χ4n) is 8.68. The van der Waals surface area contributed by atoms with E-state index in [2.05, 4.69) is 37.0 Å². The molecule has 0 radical (unpaired) electrons. The van der Waals surface area contributed by atoms with Gasteiger partial charge in [-0.25, -0.2) is 9.59 Å². The maximum Gasteiger partial charge on any atom is 0.417 e. The summed E-state index contributed by atoms with van der Waals surface area (Å²) in [6, 6.07) is 16.9. The number of esters is 2. The molecule has 0 aromatic heterocycles. The minimum Gasteiger partial charge on any atom is -0.497 e. The molecular weight excluding hydrogens is 803 g/mol. The van der Waals surface area contributed by atoms with E-state index in [1.165, 1.54) is 31.1 Å². The van der Waals surface area contributed by atoms with Gasteiger partial charge in [-0.1, -0.05) is 61.3 Å². The van der Waals surface area contributed by atoms with E-state index in [1.54, 1.807) is 61.5 Å². The Morgan fingerprint density at radius 2 is 1.61 bits per heavy atom. The zero-order valence-corrected chi connectivity index (χ0v) is 30.8. The summed E-state index contributed by atoms with van der Waals surface area (Å²) in [5.41, 5.74) is -7.15. The molecule has 7 rings (SSSR count). The Kier molecular flexibility index (Phi) is 8.68. The van der Waals surface area contributed by atoms with Gasteiger partial charge in [0.1, 0.15) is 11.2 Å². The van der Waals surface area contributed by atoms with Gasteiger partial charge in [0.05, 0.1) is 50.1 Å². The largest absolute Gasteiger partial charge is 0.497 e. The van der Waals surface area contributed by atoms with E-state index in [1.807, 2.05) is 0 Å². The molecule has 3 aromatic rings. The summed E-state index contributed by atoms with van der Waals surface area (Å²) in [6.07, 6.45) is -5.85. The zero-order valence-electron chi connectivity index (χ0n) is 27.6. The number of alkyl halides is 3. The van der Waals surface area contributed by atoms with Gasteiger partial charge >= 0.3 is 24.1 Å². The molecule has 4 aliphatic rings. The number of hydrogen-bond donors (Lipinski definition) is 0. The maximum absolute atomic E-state index is 16.7. The van der Waals surface area contributed by atoms with Crippen molar-refractivity contribution >= 4 is 61.2 Å². The summed E-state index contributed by atoms with van der Waals surface area (Å²) in [5.74, 6) is -4.38. The van der Waals surface area contributed by atoms with Gasteiger partial charge in [0, 0.05) is 21.1 Å². The molecule has 2 fully saturated rings. The average Bonchev–Trinajstić information content (AvgIpc) is 3.72. The van der Waals surface area contributed by atoms with E-state index in [-0.39, 0.29) is 41.2 Å². The third-order valence-corrected chi connectivity index (χ3v) is 11.6. The highest BCUT2D eigenvalue weighted by Gasteiger charge is 2.91. The van der Waals surface area contributed by atoms with Crippen molar-refractivity contribution in [3.63, 3.8) is 0 Å². The standard InChI is InChI=1S/C36H32Br2F3N3O7/c1-4-49-30(45)33-17-26-29(21-8-10-22(37)11-9-21)42-51-34(26,31(46)50-5-2)28(33)19-44-32(47)43(18-20-6-13-24(48-3)14-7-20)27-15-12-23(38)16-25(27)35(33,44)36(39,40)41/h6-16,26,28H,4-5,17-19H2,1-3H3/t26-,28+,33+,34+,35+/m1/s1. The van der Waals surface area contributed by atoms with Crippen LogP contribution in [0.3, 0.4) is 0 Å². The second-order valence-corrected chi connectivity index (χ2v) is 14.6. The monoisotopic (exact) mass is 833 g/mol. The van der Waals surface area contributed by atoms with Gasteiger partial charge in [-0.3, -0.25) is 9.69 Å². The first-order valence-corrected chi connectivity index (χ1v) is 17.9. The lowest BCUT2D eigenvalue weighted by molar-refractivity contribution is -0.258. The Labute approximate surface area is 308 Å². The number of rotatable bonds is 8. The number of fused-ring (bicyclic) bond motifs is 7. The van der Waals surface area contributed by atoms with Gasteiger partial charge < -0.3 is 23.9 Å². The second kappa shape index (κ2) is 12.5. The smallest absolute Gasteiger partial charge is 0.417 e. The molecule has 15 heteroatoms. The molecule has 0 N–H and O–H groups in total. The molecule has 10 nitrogen and oxygen atoms in total. The van der Waals surface area contributed by atoms with Crippen LogP contribution < -0.4 is 9.64 Å². The van der Waals surface area contributed by atoms with Crippen LogP contribution in [0.5, 0.6) is 5.75 Å². The molecular formula is C36H32Br2F3N3O7. The van der Waals surface area contributed by atoms with Gasteiger partial charge in [0.15, 0.2) is 5.54 Å². The van der Waals surface area contributed by atoms with E-state index in [0.717, 1.165) is 4.47 Å². The first-order chi connectivity index (χ1) is 24.3. The van der Waals surface area contributed by atoms with Crippen molar-refractivity contribution in [1.82, 2.24) is 4.90 Å². The van der Waals surface area contributed by atoms with Crippen molar-refractivity contribution in [3.05, 3.63) is 92.4 Å². The lowest BCUT2D eigenvalue weighted by atomic mass is 9.60. The minimum atomic E-state index is -5.27. The summed E-state index contributed by atoms with van der Waals surface area (Å²) >= 11 is 6.75. The zero-order chi connectivity index (χ0) is 36.5. The molecule has 1 saturated carbocycles. The van der Waals surface area contributed by atoms with Crippen LogP contribution in [-0.4, -0.2) is 67.2 Å². The first kappa shape index (κ1) is 35.3. The van der Waals surface area contributed by atoms with E-state index in [9.17, 15) is 14.4 Å². The van der Waals surface area contributed by atoms with Crippen molar-refractivity contribution in [2.75, 3.05) is 31.8 Å². The predicted molar refractivity (Wildman–Crippen MR) is 185 cm³/mol. The van der Waals surface area contributed by atoms with Crippen LogP contribution in [0.15, 0.2) is 80.8 Å². The molecule has 1 saturated heterocycles. The number of carbonyl (C=O) groups excluding carboxylic acids is 3. The van der Waals surface area contributed by atoms with Crippen LogP contribution in [0.25, 0.3) is 0 Å². The van der Waals surface area contributed by atoms with E-state index in [4.69, 9.17) is 19.0 Å². The highest BCUT2D eigenvalue weighted by atomic mass is 79.9. The number of urea groups is 1. The third-order valence-electron chi connectivity index (χ3n) is 10.6. The Morgan fingerprint density at radius 3 is 2.24 bits per heavy atom. The quantitative estimate of drug-likeness (QED) is 0.219. The summed E-state index contributed by atoms with van der Waals surface area (Å²) < 4.78 is 67.4. The highest BCUT2D eigenvalue weighted by molar-refractivity contribution is 9.10. The van der Waals surface area contributed by atoms with Gasteiger partial charge in [-0.2, -0.15) is 13.2 Å². The molecule has 5 atom stereocenters. The first-order valence-electron chi connectivity index (χ1n) is 16.3. The molecule has 0 unspecified atom stereocenters. The molecule has 0 bridgehead atoms. The number of amides is 2. The minimum absolute atomic E-state index is 0.0399. The second-order valence-electron chi connectivity index (χ2n) is 12.8. The van der Waals surface area contributed by atoms with E-state index >= 15 is 13.2 Å². The van der Waals surface area contributed by atoms with Crippen LogP contribution in [0.1, 0.15) is 37.0 Å². The summed E-state index contributed by atoms with van der Waals surface area (Å²) in [7, 11) is 1.51. The number of oxime groups is 1. The third kappa shape index (κ3) is 4.79. The van der Waals surface area contributed by atoms with Crippen molar-refractivity contribution < 1.29 is 46.6 Å². The number of nitrogens with zero attached hydrogens (tertiary/aromatic N) is 3. The van der Waals surface area contributed by atoms with Crippen LogP contribution in [-0.2, 0) is 36.0 Å². The Hall–Kier alpha value is -4.11. The lowest BCUT2D eigenvalue weighted by Crippen LogP contribution is -2.69. The average molecular weight is 835 g/mol. The number of halogens is 5. The molecule has 0 spiro atoms. The number of ether oxygens (including phenoxy) is 3. The SMILES string of the molecule is CCOC(=O)[C@]12ON=C(c3ccc(Br)cc3)[C@H]1C[C@@]1(C(=O)OCC)[C@@H]2CN2C(=O)N(Cc3ccc(OC)cc3)c3ccc(Br)cc3[C@]21C(F)(F)F. The van der Waals surface area contributed by atoms with Crippen molar-refractivity contribution in [1.29, 1.82) is 0 Å². The van der Waals surface area contributed by atoms with Crippen LogP contribution in [0.4, 0.5) is 23.7 Å². The fraction of sp³-hybridized carbons (Fsp3) is 0.389. The molecule has 3 heterocycles. The lowest BCUT2D eigenvalue weighted by Gasteiger charge is -2.53. The van der Waals surface area contributed by atoms with Crippen LogP contribution in [0, 0.1) is 17.3 Å². The molecule has 51 heavy (non-hydrogen) atoms. The fourth-order valence-corrected chi connectivity index (χ4v) is 9.30. The van der Waals surface area contributed by atoms with E-state index in [0.29, 0.717) is 21.8 Å². The summed E-state index contributed by atoms with van der Waals surface area (Å²) in [5, 5.41) is 4.29. The van der Waals surface area contributed by atoms with Gasteiger partial charge in [-0.15, -0.1) is 0 Å². The van der Waals surface area contributed by atoms with Crippen molar-refractivity contribution in [3.8, 4) is 5.75 Å². The highest BCUT2D eigenvalue weighted by Crippen LogP contribution is 2.75. The Morgan fingerprint density at radius 1 is 0.961 bits per heavy atom. The topological polar surface area (TPSA) is 107 Å². The number of anilines is 1. The number of carbonyl (C=O) groups is 3. The molecule has 1 aliphatic carbocycles.